The summed E-state index contributed by atoms with van der Waals surface area (Å²) in [4.78, 5) is 2.47. The maximum atomic E-state index is 2.47. The topological polar surface area (TPSA) is 3.24 Å². The molecule has 0 aromatic heterocycles. The van der Waals surface area contributed by atoms with E-state index in [1.165, 1.54) is 55.7 Å². The van der Waals surface area contributed by atoms with E-state index in [1.54, 1.807) is 0 Å². The molecule has 2 heteroatoms. The van der Waals surface area contributed by atoms with Crippen molar-refractivity contribution in [1.82, 2.24) is 0 Å². The summed E-state index contributed by atoms with van der Waals surface area (Å²) in [5.41, 5.74) is 13.2. The summed E-state index contributed by atoms with van der Waals surface area (Å²) in [5, 5.41) is 0. The van der Waals surface area contributed by atoms with Crippen LogP contribution in [0.1, 0.15) is 0 Å². The van der Waals surface area contributed by atoms with Crippen LogP contribution in [0.3, 0.4) is 0 Å². The van der Waals surface area contributed by atoms with Crippen molar-refractivity contribution < 1.29 is 0 Å². The van der Waals surface area contributed by atoms with Gasteiger partial charge in [0, 0.05) is 16.9 Å². The van der Waals surface area contributed by atoms with Gasteiger partial charge in [-0.05, 0) is 45.8 Å². The van der Waals surface area contributed by atoms with Gasteiger partial charge in [-0.15, -0.1) is 0 Å². The van der Waals surface area contributed by atoms with Gasteiger partial charge in [-0.2, -0.15) is 0 Å². The van der Waals surface area contributed by atoms with Crippen molar-refractivity contribution in [2.45, 2.75) is 0 Å². The van der Waals surface area contributed by atoms with Gasteiger partial charge in [0.15, 0.2) is 0 Å². The minimum absolute atomic E-state index is 0.286. The van der Waals surface area contributed by atoms with Gasteiger partial charge in [-0.1, -0.05) is 109 Å². The smallest absolute Gasteiger partial charge is 0.248 e. The number of hydrogen-bond acceptors (Lipinski definition) is 1. The number of nitrogens with zero attached hydrogens (tertiary/aromatic N) is 1. The highest BCUT2D eigenvalue weighted by molar-refractivity contribution is 7.01. The van der Waals surface area contributed by atoms with Crippen molar-refractivity contribution in [3.63, 3.8) is 0 Å². The van der Waals surface area contributed by atoms with E-state index in [2.05, 4.69) is 126 Å². The second-order valence-electron chi connectivity index (χ2n) is 8.54. The molecular weight excluding hydrogens is 385 g/mol. The Hall–Kier alpha value is -4.04. The van der Waals surface area contributed by atoms with E-state index in [-0.39, 0.29) is 6.71 Å². The summed E-state index contributed by atoms with van der Waals surface area (Å²) in [6, 6.07) is 44.1. The SMILES string of the molecule is c1ccc(-c2ccccc2N2c3ccccc3B3c4ccccc4-c4cccc2c43)cc1. The molecule has 2 heterocycles. The molecule has 2 aliphatic rings. The first-order valence-corrected chi connectivity index (χ1v) is 11.2. The summed E-state index contributed by atoms with van der Waals surface area (Å²) >= 11 is 0. The van der Waals surface area contributed by atoms with Crippen molar-refractivity contribution in [2.24, 2.45) is 0 Å². The quantitative estimate of drug-likeness (QED) is 0.337. The zero-order valence-corrected chi connectivity index (χ0v) is 17.6. The molecule has 0 N–H and O–H groups in total. The van der Waals surface area contributed by atoms with E-state index in [0.29, 0.717) is 0 Å². The van der Waals surface area contributed by atoms with Crippen molar-refractivity contribution in [3.05, 3.63) is 121 Å². The molecule has 0 unspecified atom stereocenters. The Bertz CT molecular complexity index is 1490. The van der Waals surface area contributed by atoms with E-state index in [1.807, 2.05) is 0 Å². The standard InChI is InChI=1S/C30H20BN/c1-2-11-21(12-3-1)22-13-5-8-18-27(22)32-28-19-9-7-17-26(28)31-25-16-6-4-14-23(25)24-15-10-20-29(32)30(24)31/h1-20H. The van der Waals surface area contributed by atoms with Crippen LogP contribution in [0.2, 0.25) is 0 Å². The largest absolute Gasteiger partial charge is 0.311 e. The summed E-state index contributed by atoms with van der Waals surface area (Å²) in [6.07, 6.45) is 0. The van der Waals surface area contributed by atoms with Gasteiger partial charge in [0.2, 0.25) is 6.71 Å². The predicted molar refractivity (Wildman–Crippen MR) is 137 cm³/mol. The van der Waals surface area contributed by atoms with Crippen LogP contribution in [0.4, 0.5) is 17.1 Å². The zero-order chi connectivity index (χ0) is 21.1. The van der Waals surface area contributed by atoms with Crippen molar-refractivity contribution in [2.75, 3.05) is 4.90 Å². The minimum atomic E-state index is 0.286. The summed E-state index contributed by atoms with van der Waals surface area (Å²) in [5.74, 6) is 0. The lowest BCUT2D eigenvalue weighted by Crippen LogP contribution is -2.54. The lowest BCUT2D eigenvalue weighted by atomic mass is 9.37. The normalized spacial score (nSPS) is 12.9. The maximum Gasteiger partial charge on any atom is 0.248 e. The Balaban J connectivity index is 1.55. The van der Waals surface area contributed by atoms with Gasteiger partial charge in [-0.3, -0.25) is 0 Å². The third kappa shape index (κ3) is 2.35. The van der Waals surface area contributed by atoms with Crippen LogP contribution in [-0.4, -0.2) is 6.71 Å². The molecule has 148 valence electrons. The van der Waals surface area contributed by atoms with Gasteiger partial charge in [0.05, 0.1) is 5.69 Å². The molecular formula is C30H20BN. The van der Waals surface area contributed by atoms with Crippen LogP contribution in [-0.2, 0) is 0 Å². The molecule has 0 fully saturated rings. The first-order valence-electron chi connectivity index (χ1n) is 11.2. The molecule has 0 aliphatic carbocycles. The summed E-state index contributed by atoms with van der Waals surface area (Å²) < 4.78 is 0. The van der Waals surface area contributed by atoms with Crippen molar-refractivity contribution in [3.8, 4) is 22.3 Å². The van der Waals surface area contributed by atoms with Crippen LogP contribution >= 0.6 is 0 Å². The van der Waals surface area contributed by atoms with Crippen LogP contribution in [0.25, 0.3) is 22.3 Å². The Morgan fingerprint density at radius 3 is 1.84 bits per heavy atom. The van der Waals surface area contributed by atoms with Crippen LogP contribution in [0, 0.1) is 0 Å². The second kappa shape index (κ2) is 6.73. The Labute approximate surface area is 188 Å². The molecule has 7 rings (SSSR count). The molecule has 0 bridgehead atoms. The fraction of sp³-hybridized carbons (Fsp3) is 0. The fourth-order valence-electron chi connectivity index (χ4n) is 5.61. The zero-order valence-electron chi connectivity index (χ0n) is 17.6. The molecule has 5 aromatic rings. The van der Waals surface area contributed by atoms with Crippen LogP contribution in [0.15, 0.2) is 121 Å². The average Bonchev–Trinajstić information content (AvgIpc) is 3.21. The van der Waals surface area contributed by atoms with Crippen LogP contribution in [0.5, 0.6) is 0 Å². The van der Waals surface area contributed by atoms with E-state index in [9.17, 15) is 0 Å². The molecule has 32 heavy (non-hydrogen) atoms. The van der Waals surface area contributed by atoms with Gasteiger partial charge < -0.3 is 4.90 Å². The van der Waals surface area contributed by atoms with Gasteiger partial charge in [0.1, 0.15) is 0 Å². The van der Waals surface area contributed by atoms with Crippen molar-refractivity contribution >= 4 is 40.2 Å². The summed E-state index contributed by atoms with van der Waals surface area (Å²) in [7, 11) is 0. The Morgan fingerprint density at radius 1 is 0.406 bits per heavy atom. The summed E-state index contributed by atoms with van der Waals surface area (Å²) in [6.45, 7) is 0.286. The molecule has 0 amide bonds. The van der Waals surface area contributed by atoms with E-state index < -0.39 is 0 Å². The van der Waals surface area contributed by atoms with E-state index in [4.69, 9.17) is 0 Å². The number of rotatable bonds is 2. The Kier molecular flexibility index (Phi) is 3.71. The molecule has 0 saturated heterocycles. The third-order valence-electron chi connectivity index (χ3n) is 6.89. The first-order chi connectivity index (χ1) is 15.9. The lowest BCUT2D eigenvalue weighted by molar-refractivity contribution is 1.30. The molecule has 5 aromatic carbocycles. The van der Waals surface area contributed by atoms with Gasteiger partial charge >= 0.3 is 0 Å². The van der Waals surface area contributed by atoms with Crippen molar-refractivity contribution in [1.29, 1.82) is 0 Å². The molecule has 2 aliphatic heterocycles. The highest BCUT2D eigenvalue weighted by Crippen LogP contribution is 2.43. The highest BCUT2D eigenvalue weighted by atomic mass is 15.2. The minimum Gasteiger partial charge on any atom is -0.311 e. The van der Waals surface area contributed by atoms with Crippen LogP contribution < -0.4 is 21.3 Å². The first kappa shape index (κ1) is 17.6. The lowest BCUT2D eigenvalue weighted by Gasteiger charge is -2.36. The monoisotopic (exact) mass is 405 g/mol. The Morgan fingerprint density at radius 2 is 1.00 bits per heavy atom. The predicted octanol–water partition coefficient (Wildman–Crippen LogP) is 5.63. The molecule has 0 atom stereocenters. The number of para-hydroxylation sites is 2. The average molecular weight is 405 g/mol. The molecule has 1 nitrogen and oxygen atoms in total. The molecule has 0 radical (unpaired) electrons. The number of hydrogen-bond donors (Lipinski definition) is 0. The number of fused-ring (bicyclic) bond motifs is 5. The van der Waals surface area contributed by atoms with Gasteiger partial charge in [0.25, 0.3) is 0 Å². The molecule has 0 spiro atoms. The fourth-order valence-corrected chi connectivity index (χ4v) is 5.61. The van der Waals surface area contributed by atoms with E-state index >= 15 is 0 Å². The van der Waals surface area contributed by atoms with E-state index in [0.717, 1.165) is 0 Å². The highest BCUT2D eigenvalue weighted by Gasteiger charge is 2.42. The number of benzene rings is 5. The number of anilines is 3. The van der Waals surface area contributed by atoms with Gasteiger partial charge in [-0.25, -0.2) is 0 Å². The molecule has 0 saturated carbocycles. The third-order valence-corrected chi connectivity index (χ3v) is 6.89. The maximum absolute atomic E-state index is 2.47. The second-order valence-corrected chi connectivity index (χ2v) is 8.54.